The molecule has 0 aromatic carbocycles. The summed E-state index contributed by atoms with van der Waals surface area (Å²) in [5.41, 5.74) is 0.387. The van der Waals surface area contributed by atoms with Crippen LogP contribution in [-0.4, -0.2) is 23.0 Å². The van der Waals surface area contributed by atoms with E-state index in [1.165, 1.54) is 6.42 Å². The minimum Gasteiger partial charge on any atom is -0.481 e. The number of hydrogen-bond donors (Lipinski definition) is 2. The Morgan fingerprint density at radius 1 is 1.16 bits per heavy atom. The van der Waals surface area contributed by atoms with Crippen LogP contribution in [0.25, 0.3) is 0 Å². The van der Waals surface area contributed by atoms with Crippen molar-refractivity contribution in [1.82, 2.24) is 5.32 Å². The van der Waals surface area contributed by atoms with Crippen molar-refractivity contribution in [2.45, 2.75) is 71.8 Å². The Labute approximate surface area is 116 Å². The highest BCUT2D eigenvalue weighted by atomic mass is 16.4. The van der Waals surface area contributed by atoms with Gasteiger partial charge in [-0.3, -0.25) is 9.59 Å². The first kappa shape index (κ1) is 16.0. The Kier molecular flexibility index (Phi) is 5.83. The third kappa shape index (κ3) is 5.21. The summed E-state index contributed by atoms with van der Waals surface area (Å²) in [5, 5.41) is 11.5. The van der Waals surface area contributed by atoms with Crippen LogP contribution in [0, 0.1) is 11.3 Å². The maximum absolute atomic E-state index is 11.6. The highest BCUT2D eigenvalue weighted by Crippen LogP contribution is 2.40. The smallest absolute Gasteiger partial charge is 0.303 e. The van der Waals surface area contributed by atoms with E-state index in [1.807, 2.05) is 0 Å². The van der Waals surface area contributed by atoms with Crippen molar-refractivity contribution < 1.29 is 14.7 Å². The molecule has 1 aliphatic carbocycles. The average Bonchev–Trinajstić information content (AvgIpc) is 2.37. The van der Waals surface area contributed by atoms with Crippen molar-refractivity contribution in [1.29, 1.82) is 0 Å². The summed E-state index contributed by atoms with van der Waals surface area (Å²) in [5.74, 6) is -0.297. The van der Waals surface area contributed by atoms with Crippen molar-refractivity contribution in [3.63, 3.8) is 0 Å². The molecular formula is C15H27NO3. The third-order valence-electron chi connectivity index (χ3n) is 4.67. The van der Waals surface area contributed by atoms with E-state index >= 15 is 0 Å². The molecule has 1 fully saturated rings. The maximum atomic E-state index is 11.6. The highest BCUT2D eigenvalue weighted by molar-refractivity contribution is 5.80. The number of carboxylic acids is 1. The van der Waals surface area contributed by atoms with Gasteiger partial charge in [-0.2, -0.15) is 0 Å². The summed E-state index contributed by atoms with van der Waals surface area (Å²) in [6, 6.07) is 0.241. The molecule has 0 bridgehead atoms. The molecule has 110 valence electrons. The summed E-state index contributed by atoms with van der Waals surface area (Å²) in [7, 11) is 0. The van der Waals surface area contributed by atoms with E-state index < -0.39 is 5.97 Å². The Morgan fingerprint density at radius 3 is 2.21 bits per heavy atom. The van der Waals surface area contributed by atoms with Gasteiger partial charge in [0.2, 0.25) is 5.91 Å². The first-order chi connectivity index (χ1) is 8.85. The summed E-state index contributed by atoms with van der Waals surface area (Å²) in [4.78, 5) is 22.0. The molecule has 0 radical (unpaired) electrons. The lowest BCUT2D eigenvalue weighted by molar-refractivity contribution is -0.139. The van der Waals surface area contributed by atoms with Gasteiger partial charge in [0.15, 0.2) is 0 Å². The van der Waals surface area contributed by atoms with Gasteiger partial charge in [0, 0.05) is 12.5 Å². The van der Waals surface area contributed by atoms with Gasteiger partial charge in [0.25, 0.3) is 0 Å². The number of carbonyl (C=O) groups excluding carboxylic acids is 1. The predicted molar refractivity (Wildman–Crippen MR) is 74.8 cm³/mol. The second-order valence-electron chi connectivity index (χ2n) is 6.35. The van der Waals surface area contributed by atoms with Crippen LogP contribution in [-0.2, 0) is 9.59 Å². The number of carboxylic acid groups (broad SMARTS) is 1. The van der Waals surface area contributed by atoms with Gasteiger partial charge in [-0.25, -0.2) is 0 Å². The molecule has 0 heterocycles. The highest BCUT2D eigenvalue weighted by Gasteiger charge is 2.32. The molecular weight excluding hydrogens is 242 g/mol. The fourth-order valence-electron chi connectivity index (χ4n) is 2.83. The molecule has 1 saturated carbocycles. The molecule has 0 aromatic rings. The molecule has 0 spiro atoms. The minimum atomic E-state index is -0.913. The van der Waals surface area contributed by atoms with Crippen LogP contribution in [0.2, 0.25) is 0 Å². The lowest BCUT2D eigenvalue weighted by Gasteiger charge is -2.39. The lowest BCUT2D eigenvalue weighted by atomic mass is 9.69. The van der Waals surface area contributed by atoms with Gasteiger partial charge in [-0.15, -0.1) is 0 Å². The van der Waals surface area contributed by atoms with E-state index in [2.05, 4.69) is 26.1 Å². The Hall–Kier alpha value is -1.06. The summed E-state index contributed by atoms with van der Waals surface area (Å²) >= 11 is 0. The molecule has 1 rings (SSSR count). The lowest BCUT2D eigenvalue weighted by Crippen LogP contribution is -2.39. The second-order valence-corrected chi connectivity index (χ2v) is 6.35. The van der Waals surface area contributed by atoms with Crippen molar-refractivity contribution in [3.05, 3.63) is 0 Å². The zero-order valence-corrected chi connectivity index (χ0v) is 12.4. The van der Waals surface area contributed by atoms with Crippen LogP contribution in [0.4, 0.5) is 0 Å². The molecule has 0 unspecified atom stereocenters. The number of amides is 1. The fourth-order valence-corrected chi connectivity index (χ4v) is 2.83. The molecule has 1 amide bonds. The van der Waals surface area contributed by atoms with Crippen LogP contribution in [0.3, 0.4) is 0 Å². The van der Waals surface area contributed by atoms with E-state index in [0.717, 1.165) is 31.6 Å². The van der Waals surface area contributed by atoms with Gasteiger partial charge in [-0.05, 0) is 37.0 Å². The Balaban J connectivity index is 2.30. The summed E-state index contributed by atoms with van der Waals surface area (Å²) < 4.78 is 0. The standard InChI is InChI=1S/C15H27NO3/c1-4-15(2,3)11-5-7-12(8-6-11)16-13(17)9-10-14(18)19/h11-12H,4-10H2,1-3H3,(H,16,17)(H,18,19). The van der Waals surface area contributed by atoms with Gasteiger partial charge in [0.1, 0.15) is 0 Å². The topological polar surface area (TPSA) is 66.4 Å². The predicted octanol–water partition coefficient (Wildman–Crippen LogP) is 2.96. The number of rotatable bonds is 6. The minimum absolute atomic E-state index is 0.0793. The van der Waals surface area contributed by atoms with Crippen LogP contribution in [0.1, 0.15) is 65.7 Å². The summed E-state index contributed by atoms with van der Waals surface area (Å²) in [6.07, 6.45) is 5.56. The van der Waals surface area contributed by atoms with E-state index in [-0.39, 0.29) is 24.8 Å². The number of nitrogens with one attached hydrogen (secondary N) is 1. The normalized spacial score (nSPS) is 23.9. The maximum Gasteiger partial charge on any atom is 0.303 e. The molecule has 2 N–H and O–H groups in total. The van der Waals surface area contributed by atoms with Gasteiger partial charge < -0.3 is 10.4 Å². The quantitative estimate of drug-likeness (QED) is 0.779. The second kappa shape index (κ2) is 6.92. The van der Waals surface area contributed by atoms with Crippen molar-refractivity contribution in [2.75, 3.05) is 0 Å². The average molecular weight is 269 g/mol. The largest absolute Gasteiger partial charge is 0.481 e. The van der Waals surface area contributed by atoms with Crippen LogP contribution < -0.4 is 5.32 Å². The zero-order chi connectivity index (χ0) is 14.5. The summed E-state index contributed by atoms with van der Waals surface area (Å²) in [6.45, 7) is 6.88. The SMILES string of the molecule is CCC(C)(C)C1CCC(NC(=O)CCC(=O)O)CC1. The van der Waals surface area contributed by atoms with E-state index in [1.54, 1.807) is 0 Å². The monoisotopic (exact) mass is 269 g/mol. The van der Waals surface area contributed by atoms with Crippen molar-refractivity contribution >= 4 is 11.9 Å². The number of carbonyl (C=O) groups is 2. The van der Waals surface area contributed by atoms with Gasteiger partial charge in [0.05, 0.1) is 6.42 Å². The fraction of sp³-hybridized carbons (Fsp3) is 0.867. The molecule has 1 aliphatic rings. The van der Waals surface area contributed by atoms with Crippen LogP contribution >= 0.6 is 0 Å². The van der Waals surface area contributed by atoms with Crippen molar-refractivity contribution in [3.8, 4) is 0 Å². The molecule has 0 aromatic heterocycles. The van der Waals surface area contributed by atoms with Crippen LogP contribution in [0.15, 0.2) is 0 Å². The Morgan fingerprint density at radius 2 is 1.74 bits per heavy atom. The molecule has 4 heteroatoms. The van der Waals surface area contributed by atoms with E-state index in [0.29, 0.717) is 5.41 Å². The van der Waals surface area contributed by atoms with Crippen molar-refractivity contribution in [2.24, 2.45) is 11.3 Å². The van der Waals surface area contributed by atoms with E-state index in [4.69, 9.17) is 5.11 Å². The Bertz CT molecular complexity index is 317. The molecule has 0 aliphatic heterocycles. The first-order valence-electron chi connectivity index (χ1n) is 7.36. The van der Waals surface area contributed by atoms with E-state index in [9.17, 15) is 9.59 Å². The number of hydrogen-bond acceptors (Lipinski definition) is 2. The number of aliphatic carboxylic acids is 1. The molecule has 19 heavy (non-hydrogen) atoms. The molecule has 0 atom stereocenters. The molecule has 0 saturated heterocycles. The van der Waals surface area contributed by atoms with Gasteiger partial charge >= 0.3 is 5.97 Å². The zero-order valence-electron chi connectivity index (χ0n) is 12.4. The first-order valence-corrected chi connectivity index (χ1v) is 7.36. The van der Waals surface area contributed by atoms with Gasteiger partial charge in [-0.1, -0.05) is 27.2 Å². The molecule has 4 nitrogen and oxygen atoms in total. The van der Waals surface area contributed by atoms with Crippen LogP contribution in [0.5, 0.6) is 0 Å². The third-order valence-corrected chi connectivity index (χ3v) is 4.67.